The molecule has 1 fully saturated rings. The molecule has 1 unspecified atom stereocenters. The highest BCUT2D eigenvalue weighted by molar-refractivity contribution is 5.92. The molecule has 1 aliphatic rings. The van der Waals surface area contributed by atoms with Crippen molar-refractivity contribution in [2.24, 2.45) is 5.92 Å². The molecule has 2 amide bonds. The summed E-state index contributed by atoms with van der Waals surface area (Å²) < 4.78 is 0. The molecule has 136 valence electrons. The van der Waals surface area contributed by atoms with E-state index in [9.17, 15) is 9.59 Å². The van der Waals surface area contributed by atoms with Crippen LogP contribution in [0.1, 0.15) is 38.2 Å². The molecule has 5 heteroatoms. The zero-order valence-electron chi connectivity index (χ0n) is 14.9. The van der Waals surface area contributed by atoms with Crippen LogP contribution in [0.2, 0.25) is 0 Å². The van der Waals surface area contributed by atoms with E-state index in [2.05, 4.69) is 5.32 Å². The molecule has 0 aromatic heterocycles. The van der Waals surface area contributed by atoms with Gasteiger partial charge in [0.2, 0.25) is 11.8 Å². The molecule has 2 rings (SSSR count). The molecule has 5 nitrogen and oxygen atoms in total. The molecule has 0 spiro atoms. The van der Waals surface area contributed by atoms with Crippen LogP contribution in [0.15, 0.2) is 36.4 Å². The number of piperidine rings is 1. The Morgan fingerprint density at radius 1 is 1.28 bits per heavy atom. The van der Waals surface area contributed by atoms with Crippen LogP contribution in [-0.2, 0) is 9.59 Å². The van der Waals surface area contributed by atoms with Gasteiger partial charge in [0.25, 0.3) is 0 Å². The number of rotatable bonds is 7. The second kappa shape index (κ2) is 9.99. The van der Waals surface area contributed by atoms with Crippen LogP contribution < -0.4 is 5.32 Å². The molecule has 0 aliphatic carbocycles. The van der Waals surface area contributed by atoms with Crippen molar-refractivity contribution in [3.05, 3.63) is 42.0 Å². The fourth-order valence-electron chi connectivity index (χ4n) is 3.05. The highest BCUT2D eigenvalue weighted by Gasteiger charge is 2.27. The van der Waals surface area contributed by atoms with Crippen molar-refractivity contribution < 1.29 is 14.7 Å². The Bertz CT molecular complexity index is 578. The predicted octanol–water partition coefficient (Wildman–Crippen LogP) is 2.22. The molecule has 25 heavy (non-hydrogen) atoms. The highest BCUT2D eigenvalue weighted by Crippen LogP contribution is 2.18. The largest absolute Gasteiger partial charge is 0.396 e. The Balaban J connectivity index is 1.79. The van der Waals surface area contributed by atoms with E-state index in [1.807, 2.05) is 43.3 Å². The van der Waals surface area contributed by atoms with Gasteiger partial charge < -0.3 is 15.3 Å². The maximum atomic E-state index is 12.3. The summed E-state index contributed by atoms with van der Waals surface area (Å²) in [6, 6.07) is 9.77. The van der Waals surface area contributed by atoms with Crippen LogP contribution in [0, 0.1) is 5.92 Å². The molecule has 0 saturated carbocycles. The second-order valence-electron chi connectivity index (χ2n) is 6.47. The number of carbonyl (C=O) groups is 2. The van der Waals surface area contributed by atoms with Crippen molar-refractivity contribution in [2.45, 2.75) is 38.6 Å². The molecule has 0 bridgehead atoms. The van der Waals surface area contributed by atoms with Crippen LogP contribution in [-0.4, -0.2) is 47.6 Å². The first-order valence-electron chi connectivity index (χ1n) is 9.07. The van der Waals surface area contributed by atoms with Crippen LogP contribution in [0.25, 0.3) is 6.08 Å². The van der Waals surface area contributed by atoms with E-state index in [0.29, 0.717) is 32.4 Å². The molecule has 1 aromatic carbocycles. The first-order chi connectivity index (χ1) is 12.1. The number of benzene rings is 1. The molecule has 2 N–H and O–H groups in total. The maximum Gasteiger partial charge on any atom is 0.246 e. The summed E-state index contributed by atoms with van der Waals surface area (Å²) in [6.45, 7) is 3.29. The number of carbonyl (C=O) groups excluding carboxylic acids is 2. The third-order valence-corrected chi connectivity index (χ3v) is 4.71. The number of hydrogen-bond acceptors (Lipinski definition) is 3. The topological polar surface area (TPSA) is 69.6 Å². The van der Waals surface area contributed by atoms with E-state index >= 15 is 0 Å². The Morgan fingerprint density at radius 2 is 1.96 bits per heavy atom. The second-order valence-corrected chi connectivity index (χ2v) is 6.47. The Kier molecular flexibility index (Phi) is 7.67. The molecule has 1 aromatic rings. The average Bonchev–Trinajstić information content (AvgIpc) is 2.66. The number of nitrogens with zero attached hydrogens (tertiary/aromatic N) is 1. The first kappa shape index (κ1) is 19.2. The monoisotopic (exact) mass is 344 g/mol. The minimum atomic E-state index is -0.0464. The van der Waals surface area contributed by atoms with Crippen LogP contribution in [0.3, 0.4) is 0 Å². The molecule has 1 saturated heterocycles. The third kappa shape index (κ3) is 6.02. The van der Waals surface area contributed by atoms with Crippen molar-refractivity contribution in [1.29, 1.82) is 0 Å². The van der Waals surface area contributed by atoms with Crippen molar-refractivity contribution in [1.82, 2.24) is 10.2 Å². The number of likely N-dealkylation sites (tertiary alicyclic amines) is 1. The fraction of sp³-hybridized carbons (Fsp3) is 0.500. The minimum absolute atomic E-state index is 0.00516. The van der Waals surface area contributed by atoms with Gasteiger partial charge >= 0.3 is 0 Å². The molecular weight excluding hydrogens is 316 g/mol. The zero-order valence-corrected chi connectivity index (χ0v) is 14.9. The Labute approximate surface area is 149 Å². The molecular formula is C20H28N2O3. The summed E-state index contributed by atoms with van der Waals surface area (Å²) in [7, 11) is 0. The van der Waals surface area contributed by atoms with Crippen molar-refractivity contribution >= 4 is 17.9 Å². The van der Waals surface area contributed by atoms with Crippen LogP contribution in [0.5, 0.6) is 0 Å². The lowest BCUT2D eigenvalue weighted by Crippen LogP contribution is -2.45. The average molecular weight is 344 g/mol. The summed E-state index contributed by atoms with van der Waals surface area (Å²) in [4.78, 5) is 26.4. The van der Waals surface area contributed by atoms with Crippen LogP contribution in [0.4, 0.5) is 0 Å². The van der Waals surface area contributed by atoms with Gasteiger partial charge in [0.15, 0.2) is 0 Å². The molecule has 1 aliphatic heterocycles. The van der Waals surface area contributed by atoms with E-state index in [1.54, 1.807) is 11.0 Å². The van der Waals surface area contributed by atoms with Gasteiger partial charge in [-0.15, -0.1) is 0 Å². The summed E-state index contributed by atoms with van der Waals surface area (Å²) in [6.07, 6.45) is 6.20. The zero-order chi connectivity index (χ0) is 18.1. The highest BCUT2D eigenvalue weighted by atomic mass is 16.3. The maximum absolute atomic E-state index is 12.3. The fourth-order valence-corrected chi connectivity index (χ4v) is 3.05. The van der Waals surface area contributed by atoms with E-state index in [0.717, 1.165) is 12.0 Å². The lowest BCUT2D eigenvalue weighted by Gasteiger charge is -2.31. The molecule has 1 heterocycles. The Morgan fingerprint density at radius 3 is 2.56 bits per heavy atom. The summed E-state index contributed by atoms with van der Waals surface area (Å²) in [5, 5.41) is 12.0. The van der Waals surface area contributed by atoms with Gasteiger partial charge in [0.05, 0.1) is 0 Å². The standard InChI is InChI=1S/C20H28N2O3/c1-2-18(12-15-23)21-20(25)17-10-13-22(14-11-17)19(24)9-8-16-6-4-3-5-7-16/h3-9,17-18,23H,2,10-15H2,1H3,(H,21,25)/b9-8+. The summed E-state index contributed by atoms with van der Waals surface area (Å²) in [5.74, 6) is -0.00320. The van der Waals surface area contributed by atoms with Gasteiger partial charge in [-0.2, -0.15) is 0 Å². The first-order valence-corrected chi connectivity index (χ1v) is 9.07. The predicted molar refractivity (Wildman–Crippen MR) is 98.7 cm³/mol. The van der Waals surface area contributed by atoms with Gasteiger partial charge in [0.1, 0.15) is 0 Å². The minimum Gasteiger partial charge on any atom is -0.396 e. The quantitative estimate of drug-likeness (QED) is 0.745. The third-order valence-electron chi connectivity index (χ3n) is 4.71. The van der Waals surface area contributed by atoms with E-state index < -0.39 is 0 Å². The van der Waals surface area contributed by atoms with E-state index in [4.69, 9.17) is 5.11 Å². The normalized spacial score (nSPS) is 16.8. The van der Waals surface area contributed by atoms with Crippen molar-refractivity contribution in [2.75, 3.05) is 19.7 Å². The number of amides is 2. The van der Waals surface area contributed by atoms with Gasteiger partial charge in [-0.25, -0.2) is 0 Å². The number of nitrogens with one attached hydrogen (secondary N) is 1. The van der Waals surface area contributed by atoms with E-state index in [-0.39, 0.29) is 30.4 Å². The van der Waals surface area contributed by atoms with Gasteiger partial charge in [-0.3, -0.25) is 9.59 Å². The van der Waals surface area contributed by atoms with Crippen molar-refractivity contribution in [3.8, 4) is 0 Å². The van der Waals surface area contributed by atoms with E-state index in [1.165, 1.54) is 0 Å². The molecule has 0 radical (unpaired) electrons. The SMILES string of the molecule is CCC(CCO)NC(=O)C1CCN(C(=O)/C=C/c2ccccc2)CC1. The van der Waals surface area contributed by atoms with Gasteiger partial charge in [-0.05, 0) is 37.3 Å². The lowest BCUT2D eigenvalue weighted by atomic mass is 9.95. The number of aliphatic hydroxyl groups excluding tert-OH is 1. The van der Waals surface area contributed by atoms with Gasteiger partial charge in [0, 0.05) is 37.7 Å². The number of hydrogen-bond donors (Lipinski definition) is 2. The Hall–Kier alpha value is -2.14. The summed E-state index contributed by atoms with van der Waals surface area (Å²) >= 11 is 0. The molecule has 1 atom stereocenters. The van der Waals surface area contributed by atoms with Gasteiger partial charge in [-0.1, -0.05) is 37.3 Å². The lowest BCUT2D eigenvalue weighted by molar-refractivity contribution is -0.132. The van der Waals surface area contributed by atoms with Crippen molar-refractivity contribution in [3.63, 3.8) is 0 Å². The number of aliphatic hydroxyl groups is 1. The smallest absolute Gasteiger partial charge is 0.246 e. The van der Waals surface area contributed by atoms with Crippen LogP contribution >= 0.6 is 0 Å². The summed E-state index contributed by atoms with van der Waals surface area (Å²) in [5.41, 5.74) is 1.000.